The van der Waals surface area contributed by atoms with Gasteiger partial charge in [0.1, 0.15) is 22.3 Å². The van der Waals surface area contributed by atoms with E-state index in [0.717, 1.165) is 99.5 Å². The Morgan fingerprint density at radius 3 is 0.982 bits per heavy atom. The Bertz CT molecular complexity index is 6630. The van der Waals surface area contributed by atoms with Crippen LogP contribution in [0.5, 0.6) is 0 Å². The van der Waals surface area contributed by atoms with E-state index >= 15 is 0 Å². The number of rotatable bonds is 10. The molecule has 0 aliphatic heterocycles. The van der Waals surface area contributed by atoms with E-state index in [0.29, 0.717) is 34.9 Å². The number of benzene rings is 14. The van der Waals surface area contributed by atoms with Crippen LogP contribution in [0.4, 0.5) is 0 Å². The number of aromatic nitrogens is 6. The Labute approximate surface area is 638 Å². The lowest BCUT2D eigenvalue weighted by atomic mass is 9.68. The van der Waals surface area contributed by atoms with Crippen LogP contribution in [-0.2, 0) is 10.8 Å². The molecule has 8 nitrogen and oxygen atoms in total. The van der Waals surface area contributed by atoms with E-state index in [1.807, 2.05) is 115 Å². The van der Waals surface area contributed by atoms with Crippen molar-refractivity contribution < 1.29 is 8.83 Å². The summed E-state index contributed by atoms with van der Waals surface area (Å²) in [7, 11) is 0. The quantitative estimate of drug-likeness (QED) is 0.133. The van der Waals surface area contributed by atoms with Gasteiger partial charge < -0.3 is 8.83 Å². The summed E-state index contributed by atoms with van der Waals surface area (Å²) >= 11 is 0. The van der Waals surface area contributed by atoms with E-state index in [-0.39, 0.29) is 10.8 Å². The molecule has 18 aromatic rings. The zero-order valence-corrected chi connectivity index (χ0v) is 60.7. The van der Waals surface area contributed by atoms with Crippen LogP contribution in [0.15, 0.2) is 336 Å². The first-order valence-corrected chi connectivity index (χ1v) is 38.8. The first-order chi connectivity index (χ1) is 54.4. The van der Waals surface area contributed by atoms with Gasteiger partial charge in [-0.05, 0) is 181 Å². The van der Waals surface area contributed by atoms with Crippen molar-refractivity contribution in [3.05, 3.63) is 350 Å². The Balaban J connectivity index is 0.000000140. The summed E-state index contributed by atoms with van der Waals surface area (Å²) in [6.07, 6.45) is 12.7. The summed E-state index contributed by atoms with van der Waals surface area (Å²) in [6.45, 7) is 0. The molecule has 2 saturated carbocycles. The van der Waals surface area contributed by atoms with Crippen LogP contribution in [0, 0.1) is 0 Å². The van der Waals surface area contributed by atoms with Crippen molar-refractivity contribution in [1.29, 1.82) is 0 Å². The predicted molar refractivity (Wildman–Crippen MR) is 447 cm³/mol. The number of hydrogen-bond donors (Lipinski definition) is 0. The second-order valence-electron chi connectivity index (χ2n) is 30.1. The third kappa shape index (κ3) is 11.2. The zero-order valence-electron chi connectivity index (χ0n) is 60.7. The Morgan fingerprint density at radius 2 is 0.500 bits per heavy atom. The fraction of sp³-hybridized carbons (Fsp3) is 0.118. The van der Waals surface area contributed by atoms with Crippen molar-refractivity contribution in [2.75, 3.05) is 0 Å². The number of hydrogen-bond acceptors (Lipinski definition) is 8. The second kappa shape index (κ2) is 26.9. The van der Waals surface area contributed by atoms with Crippen molar-refractivity contribution in [3.8, 4) is 135 Å². The summed E-state index contributed by atoms with van der Waals surface area (Å²) < 4.78 is 12.4. The minimum atomic E-state index is 0.131. The average Bonchev–Trinajstić information content (AvgIpc) is 1.56. The summed E-state index contributed by atoms with van der Waals surface area (Å²) in [4.78, 5) is 30.4. The maximum absolute atomic E-state index is 6.25. The van der Waals surface area contributed by atoms with E-state index in [1.54, 1.807) is 0 Å². The molecule has 2 fully saturated rings. The van der Waals surface area contributed by atoms with Crippen LogP contribution < -0.4 is 0 Å². The monoisotopic (exact) mass is 1410 g/mol. The topological polar surface area (TPSA) is 104 Å². The standard InChI is InChI=1S/2C51H37N3O/c1-3-14-33(15-4-1)48-52-49(54-50(53-48)38-26-27-41-40-20-6-8-25-45(40)55-46(41)32-38)37-19-12-17-35(31-37)34-16-11-18-36(30-34)39-22-13-24-44-47(39)42-21-5-7-23-43(42)51(44)28-9-2-10-29-51;1-3-14-33(15-4-1)48-52-49(54-50(53-48)38-26-27-46-42(32-38)40-20-6-8-25-45(40)55-46)37-19-12-17-35(31-37)34-16-11-18-36(30-34)39-22-13-24-44-47(39)41-21-5-7-23-43(41)51(44)28-9-2-10-29-51/h2*1,3-8,11-27,30-32H,2,9-10,28-29H2. The lowest BCUT2D eigenvalue weighted by molar-refractivity contribution is 0.353. The molecule has 110 heavy (non-hydrogen) atoms. The molecular formula is C102H74N6O2. The molecule has 8 heteroatoms. The first-order valence-electron chi connectivity index (χ1n) is 38.8. The lowest BCUT2D eigenvalue weighted by Gasteiger charge is -2.36. The second-order valence-corrected chi connectivity index (χ2v) is 30.1. The number of para-hydroxylation sites is 2. The normalized spacial score (nSPS) is 14.3. The number of nitrogens with zero attached hydrogens (tertiary/aromatic N) is 6. The van der Waals surface area contributed by atoms with Gasteiger partial charge in [0.05, 0.1) is 0 Å². The van der Waals surface area contributed by atoms with Crippen LogP contribution in [0.2, 0.25) is 0 Å². The minimum absolute atomic E-state index is 0.131. The van der Waals surface area contributed by atoms with Gasteiger partial charge >= 0.3 is 0 Å². The molecule has 2 spiro atoms. The number of furan rings is 2. The highest BCUT2D eigenvalue weighted by molar-refractivity contribution is 6.07. The van der Waals surface area contributed by atoms with Crippen molar-refractivity contribution in [1.82, 2.24) is 29.9 Å². The van der Waals surface area contributed by atoms with Gasteiger partial charge in [0, 0.05) is 65.8 Å². The highest BCUT2D eigenvalue weighted by atomic mass is 16.3. The molecular weight excluding hydrogens is 1340 g/mol. The lowest BCUT2D eigenvalue weighted by Crippen LogP contribution is -2.27. The van der Waals surface area contributed by atoms with E-state index in [1.165, 1.54) is 131 Å². The van der Waals surface area contributed by atoms with Crippen molar-refractivity contribution >= 4 is 43.9 Å². The molecule has 0 bridgehead atoms. The van der Waals surface area contributed by atoms with Gasteiger partial charge in [-0.25, -0.2) is 29.9 Å². The van der Waals surface area contributed by atoms with Gasteiger partial charge in [-0.2, -0.15) is 0 Å². The molecule has 0 N–H and O–H groups in total. The van der Waals surface area contributed by atoms with Crippen molar-refractivity contribution in [2.45, 2.75) is 75.0 Å². The Kier molecular flexibility index (Phi) is 15.9. The van der Waals surface area contributed by atoms with E-state index in [2.05, 4.69) is 212 Å². The maximum atomic E-state index is 6.25. The summed E-state index contributed by atoms with van der Waals surface area (Å²) in [5.41, 5.74) is 30.5. The average molecular weight is 1420 g/mol. The van der Waals surface area contributed by atoms with Gasteiger partial charge in [0.15, 0.2) is 34.9 Å². The van der Waals surface area contributed by atoms with E-state index in [9.17, 15) is 0 Å². The Hall–Kier alpha value is -13.3. The van der Waals surface area contributed by atoms with Crippen LogP contribution in [0.3, 0.4) is 0 Å². The van der Waals surface area contributed by atoms with Crippen molar-refractivity contribution in [2.24, 2.45) is 0 Å². The van der Waals surface area contributed by atoms with Crippen molar-refractivity contribution in [3.63, 3.8) is 0 Å². The van der Waals surface area contributed by atoms with Gasteiger partial charge in [-0.15, -0.1) is 0 Å². The fourth-order valence-corrected chi connectivity index (χ4v) is 18.7. The molecule has 4 aliphatic carbocycles. The molecule has 4 aliphatic rings. The fourth-order valence-electron chi connectivity index (χ4n) is 18.7. The summed E-state index contributed by atoms with van der Waals surface area (Å²) in [5.74, 6) is 3.76. The van der Waals surface area contributed by atoms with Gasteiger partial charge in [0.25, 0.3) is 0 Å². The van der Waals surface area contributed by atoms with Gasteiger partial charge in [0.2, 0.25) is 0 Å². The minimum Gasteiger partial charge on any atom is -0.456 e. The number of fused-ring (bicyclic) bond motifs is 16. The SMILES string of the molecule is c1ccc(-c2nc(-c3cccc(-c4cccc(-c5cccc6c5-c5ccccc5C65CCCCC5)c4)c3)nc(-c3ccc4c(c3)oc3ccccc34)n2)cc1.c1ccc(-c2nc(-c3cccc(-c4cccc(-c5cccc6c5-c5ccccc5C65CCCCC5)c4)c3)nc(-c3ccc4oc5ccccc5c4c3)n2)cc1. The highest BCUT2D eigenvalue weighted by Crippen LogP contribution is 2.60. The zero-order chi connectivity index (χ0) is 72.7. The molecule has 4 aromatic heterocycles. The van der Waals surface area contributed by atoms with Gasteiger partial charge in [-0.1, -0.05) is 299 Å². The molecule has 0 unspecified atom stereocenters. The van der Waals surface area contributed by atoms with Crippen LogP contribution in [0.25, 0.3) is 179 Å². The highest BCUT2D eigenvalue weighted by Gasteiger charge is 2.46. The predicted octanol–water partition coefficient (Wildman–Crippen LogP) is 26.7. The molecule has 4 heterocycles. The molecule has 0 radical (unpaired) electrons. The van der Waals surface area contributed by atoms with E-state index < -0.39 is 0 Å². The smallest absolute Gasteiger partial charge is 0.164 e. The van der Waals surface area contributed by atoms with E-state index in [4.69, 9.17) is 38.7 Å². The molecule has 0 amide bonds. The molecule has 22 rings (SSSR count). The van der Waals surface area contributed by atoms with Crippen LogP contribution >= 0.6 is 0 Å². The summed E-state index contributed by atoms with van der Waals surface area (Å²) in [5, 5.41) is 4.29. The third-order valence-corrected chi connectivity index (χ3v) is 23.9. The van der Waals surface area contributed by atoms with Crippen LogP contribution in [0.1, 0.15) is 86.5 Å². The third-order valence-electron chi connectivity index (χ3n) is 23.9. The summed E-state index contributed by atoms with van der Waals surface area (Å²) in [6, 6.07) is 116. The maximum Gasteiger partial charge on any atom is 0.164 e. The van der Waals surface area contributed by atoms with Crippen LogP contribution in [-0.4, -0.2) is 29.9 Å². The largest absolute Gasteiger partial charge is 0.456 e. The first kappa shape index (κ1) is 65.0. The molecule has 14 aromatic carbocycles. The molecule has 524 valence electrons. The van der Waals surface area contributed by atoms with Gasteiger partial charge in [-0.3, -0.25) is 0 Å². The molecule has 0 atom stereocenters. The Morgan fingerprint density at radius 1 is 0.191 bits per heavy atom. The molecule has 0 saturated heterocycles.